The van der Waals surface area contributed by atoms with Gasteiger partial charge in [0.1, 0.15) is 6.61 Å². The maximum absolute atomic E-state index is 13.1. The fraction of sp³-hybridized carbons (Fsp3) is 0.480. The van der Waals surface area contributed by atoms with Gasteiger partial charge in [-0.15, -0.1) is 0 Å². The molecule has 160 valence electrons. The van der Waals surface area contributed by atoms with E-state index < -0.39 is 0 Å². The van der Waals surface area contributed by atoms with Crippen molar-refractivity contribution in [2.75, 3.05) is 38.7 Å². The first-order valence-corrected chi connectivity index (χ1v) is 10.8. The van der Waals surface area contributed by atoms with E-state index >= 15 is 0 Å². The largest absolute Gasteiger partial charge is 0.493 e. The number of benzene rings is 2. The predicted octanol–water partition coefficient (Wildman–Crippen LogP) is 4.24. The van der Waals surface area contributed by atoms with E-state index in [4.69, 9.17) is 9.47 Å². The quantitative estimate of drug-likeness (QED) is 0.742. The number of ether oxygens (including phenoxy) is 2. The van der Waals surface area contributed by atoms with Crippen molar-refractivity contribution >= 4 is 11.6 Å². The summed E-state index contributed by atoms with van der Waals surface area (Å²) in [6, 6.07) is 14.2. The van der Waals surface area contributed by atoms with Crippen LogP contribution < -0.4 is 14.4 Å². The molecule has 2 aromatic rings. The number of piperidine rings is 1. The Labute approximate surface area is 179 Å². The number of amides is 1. The number of anilines is 1. The molecule has 2 heterocycles. The Kier molecular flexibility index (Phi) is 5.74. The van der Waals surface area contributed by atoms with Gasteiger partial charge in [-0.25, -0.2) is 0 Å². The third-order valence-electron chi connectivity index (χ3n) is 6.55. The first-order valence-electron chi connectivity index (χ1n) is 10.8. The number of hydrogen-bond donors (Lipinski definition) is 0. The molecule has 2 aliphatic rings. The molecule has 0 aromatic heterocycles. The summed E-state index contributed by atoms with van der Waals surface area (Å²) < 4.78 is 11.9. The van der Waals surface area contributed by atoms with Crippen LogP contribution in [0.4, 0.5) is 5.69 Å². The summed E-state index contributed by atoms with van der Waals surface area (Å²) >= 11 is 0. The molecule has 5 heteroatoms. The summed E-state index contributed by atoms with van der Waals surface area (Å²) in [5.74, 6) is 1.55. The van der Waals surface area contributed by atoms with Gasteiger partial charge in [-0.1, -0.05) is 44.2 Å². The monoisotopic (exact) mass is 408 g/mol. The molecule has 1 spiro atoms. The second kappa shape index (κ2) is 8.31. The molecular weight excluding hydrogens is 376 g/mol. The highest BCUT2D eigenvalue weighted by atomic mass is 16.5. The number of nitrogens with zero attached hydrogens (tertiary/aromatic N) is 2. The van der Waals surface area contributed by atoms with Gasteiger partial charge < -0.3 is 19.3 Å². The van der Waals surface area contributed by atoms with E-state index in [1.54, 1.807) is 7.11 Å². The van der Waals surface area contributed by atoms with E-state index in [-0.39, 0.29) is 17.2 Å². The Hall–Kier alpha value is -2.53. The Morgan fingerprint density at radius 3 is 2.43 bits per heavy atom. The van der Waals surface area contributed by atoms with E-state index in [2.05, 4.69) is 18.0 Å². The summed E-state index contributed by atoms with van der Waals surface area (Å²) in [7, 11) is 3.85. The first-order chi connectivity index (χ1) is 14.4. The molecule has 0 radical (unpaired) electrons. The van der Waals surface area contributed by atoms with E-state index in [0.29, 0.717) is 12.4 Å². The van der Waals surface area contributed by atoms with Gasteiger partial charge >= 0.3 is 0 Å². The van der Waals surface area contributed by atoms with Crippen molar-refractivity contribution in [1.82, 2.24) is 4.90 Å². The van der Waals surface area contributed by atoms with Crippen LogP contribution in [-0.4, -0.2) is 44.6 Å². The van der Waals surface area contributed by atoms with Gasteiger partial charge in [0.05, 0.1) is 12.8 Å². The number of methoxy groups -OCH3 is 1. The van der Waals surface area contributed by atoms with Gasteiger partial charge in [0.2, 0.25) is 5.91 Å². The summed E-state index contributed by atoms with van der Waals surface area (Å²) in [5.41, 5.74) is 3.31. The van der Waals surface area contributed by atoms with Crippen molar-refractivity contribution in [3.05, 3.63) is 53.6 Å². The standard InChI is InChI=1S/C25H32N2O3/c1-18(2)24(28)27-17-25(10-12-26(3)13-11-25)20-14-22(29-4)23(15-21(20)27)30-16-19-8-6-5-7-9-19/h5-9,14-15,18H,10-13,16-17H2,1-4H3. The average Bonchev–Trinajstić information content (AvgIpc) is 3.07. The molecule has 0 atom stereocenters. The van der Waals surface area contributed by atoms with Crippen LogP contribution in [0, 0.1) is 5.92 Å². The van der Waals surface area contributed by atoms with Crippen LogP contribution in [-0.2, 0) is 16.8 Å². The lowest BCUT2D eigenvalue weighted by Crippen LogP contribution is -2.45. The van der Waals surface area contributed by atoms with Crippen LogP contribution in [0.5, 0.6) is 11.5 Å². The Balaban J connectivity index is 1.72. The lowest BCUT2D eigenvalue weighted by Gasteiger charge is -2.38. The normalized spacial score (nSPS) is 18.0. The minimum Gasteiger partial charge on any atom is -0.493 e. The fourth-order valence-electron chi connectivity index (χ4n) is 4.66. The minimum atomic E-state index is -0.0462. The molecule has 5 nitrogen and oxygen atoms in total. The molecule has 1 saturated heterocycles. The Morgan fingerprint density at radius 2 is 1.80 bits per heavy atom. The maximum Gasteiger partial charge on any atom is 0.229 e. The molecule has 1 amide bonds. The average molecular weight is 409 g/mol. The van der Waals surface area contributed by atoms with Gasteiger partial charge in [-0.05, 0) is 50.2 Å². The molecule has 0 bridgehead atoms. The number of carbonyl (C=O) groups excluding carboxylic acids is 1. The van der Waals surface area contributed by atoms with Crippen LogP contribution in [0.25, 0.3) is 0 Å². The van der Waals surface area contributed by atoms with Gasteiger partial charge in [-0.3, -0.25) is 4.79 Å². The molecule has 30 heavy (non-hydrogen) atoms. The highest BCUT2D eigenvalue weighted by Crippen LogP contribution is 2.51. The molecule has 2 aliphatic heterocycles. The summed E-state index contributed by atoms with van der Waals surface area (Å²) in [6.45, 7) is 7.23. The van der Waals surface area contributed by atoms with Crippen molar-refractivity contribution in [3.63, 3.8) is 0 Å². The number of carbonyl (C=O) groups is 1. The van der Waals surface area contributed by atoms with Crippen molar-refractivity contribution < 1.29 is 14.3 Å². The van der Waals surface area contributed by atoms with Crippen LogP contribution in [0.1, 0.15) is 37.8 Å². The zero-order valence-electron chi connectivity index (χ0n) is 18.5. The maximum atomic E-state index is 13.1. The van der Waals surface area contributed by atoms with Gasteiger partial charge in [-0.2, -0.15) is 0 Å². The zero-order chi connectivity index (χ0) is 21.3. The third-order valence-corrected chi connectivity index (χ3v) is 6.55. The number of rotatable bonds is 5. The van der Waals surface area contributed by atoms with Crippen molar-refractivity contribution in [1.29, 1.82) is 0 Å². The second-order valence-electron chi connectivity index (χ2n) is 8.96. The summed E-state index contributed by atoms with van der Waals surface area (Å²) in [5, 5.41) is 0. The fourth-order valence-corrected chi connectivity index (χ4v) is 4.66. The minimum absolute atomic E-state index is 0.00235. The lowest BCUT2D eigenvalue weighted by atomic mass is 9.74. The smallest absolute Gasteiger partial charge is 0.229 e. The van der Waals surface area contributed by atoms with Gasteiger partial charge in [0.25, 0.3) is 0 Å². The number of fused-ring (bicyclic) bond motifs is 2. The Bertz CT molecular complexity index is 902. The SMILES string of the molecule is COc1cc2c(cc1OCc1ccccc1)N(C(=O)C(C)C)CC21CCN(C)CC1. The molecule has 1 fully saturated rings. The predicted molar refractivity (Wildman–Crippen MR) is 119 cm³/mol. The Morgan fingerprint density at radius 1 is 1.10 bits per heavy atom. The van der Waals surface area contributed by atoms with Crippen LogP contribution in [0.3, 0.4) is 0 Å². The highest BCUT2D eigenvalue weighted by Gasteiger charge is 2.47. The van der Waals surface area contributed by atoms with E-state index in [1.807, 2.05) is 55.1 Å². The van der Waals surface area contributed by atoms with Crippen LogP contribution in [0.15, 0.2) is 42.5 Å². The second-order valence-corrected chi connectivity index (χ2v) is 8.96. The van der Waals surface area contributed by atoms with Crippen molar-refractivity contribution in [2.45, 2.75) is 38.7 Å². The molecule has 0 aliphatic carbocycles. The third kappa shape index (κ3) is 3.79. The van der Waals surface area contributed by atoms with E-state index in [9.17, 15) is 4.79 Å². The summed E-state index contributed by atoms with van der Waals surface area (Å²) in [6.07, 6.45) is 2.09. The van der Waals surface area contributed by atoms with E-state index in [1.165, 1.54) is 5.56 Å². The van der Waals surface area contributed by atoms with Crippen LogP contribution in [0.2, 0.25) is 0 Å². The molecule has 0 saturated carbocycles. The molecule has 0 N–H and O–H groups in total. The summed E-state index contributed by atoms with van der Waals surface area (Å²) in [4.78, 5) is 17.4. The number of likely N-dealkylation sites (tertiary alicyclic amines) is 1. The van der Waals surface area contributed by atoms with Crippen molar-refractivity contribution in [2.24, 2.45) is 5.92 Å². The molecular formula is C25H32N2O3. The number of hydrogen-bond acceptors (Lipinski definition) is 4. The lowest BCUT2D eigenvalue weighted by molar-refractivity contribution is -0.121. The van der Waals surface area contributed by atoms with Gasteiger partial charge in [0.15, 0.2) is 11.5 Å². The topological polar surface area (TPSA) is 42.0 Å². The van der Waals surface area contributed by atoms with Gasteiger partial charge in [0, 0.05) is 23.9 Å². The van der Waals surface area contributed by atoms with E-state index in [0.717, 1.165) is 49.5 Å². The van der Waals surface area contributed by atoms with Crippen LogP contribution >= 0.6 is 0 Å². The molecule has 2 aromatic carbocycles. The first kappa shape index (κ1) is 20.7. The molecule has 0 unspecified atom stereocenters. The van der Waals surface area contributed by atoms with Crippen molar-refractivity contribution in [3.8, 4) is 11.5 Å². The zero-order valence-corrected chi connectivity index (χ0v) is 18.5. The highest BCUT2D eigenvalue weighted by molar-refractivity contribution is 5.98. The molecule has 4 rings (SSSR count).